The monoisotopic (exact) mass is 377 g/mol. The SMILES string of the molecule is CCCCCCCCCCCCCC(=O)N[N+](C)(C)CCO.O=[N+]([O-])[O-]. The molecule has 0 saturated carbocycles. The van der Waals surface area contributed by atoms with E-state index >= 15 is 0 Å². The number of aliphatic hydroxyl groups is 1. The molecule has 0 heterocycles. The van der Waals surface area contributed by atoms with Gasteiger partial charge in [0, 0.05) is 6.42 Å². The van der Waals surface area contributed by atoms with Crippen molar-refractivity contribution in [2.24, 2.45) is 0 Å². The van der Waals surface area contributed by atoms with Gasteiger partial charge in [0.1, 0.15) is 6.54 Å². The van der Waals surface area contributed by atoms with Gasteiger partial charge >= 0.3 is 0 Å². The Morgan fingerprint density at radius 2 is 1.31 bits per heavy atom. The van der Waals surface area contributed by atoms with Gasteiger partial charge < -0.3 is 20.4 Å². The average molecular weight is 378 g/mol. The van der Waals surface area contributed by atoms with Crippen LogP contribution >= 0.6 is 0 Å². The third-order valence-corrected chi connectivity index (χ3v) is 4.09. The number of likely N-dealkylation sites (N-methyl/N-ethyl adjacent to an activating group) is 1. The molecule has 0 fully saturated rings. The van der Waals surface area contributed by atoms with E-state index in [1.807, 2.05) is 14.1 Å². The van der Waals surface area contributed by atoms with E-state index in [1.165, 1.54) is 57.8 Å². The molecule has 0 spiro atoms. The highest BCUT2D eigenvalue weighted by molar-refractivity contribution is 5.74. The highest BCUT2D eigenvalue weighted by Gasteiger charge is 2.17. The van der Waals surface area contributed by atoms with Crippen molar-refractivity contribution in [2.45, 2.75) is 84.0 Å². The Morgan fingerprint density at radius 1 is 0.923 bits per heavy atom. The van der Waals surface area contributed by atoms with E-state index in [4.69, 9.17) is 20.4 Å². The molecule has 0 aliphatic rings. The Morgan fingerprint density at radius 3 is 1.69 bits per heavy atom. The second-order valence-corrected chi connectivity index (χ2v) is 7.18. The molecule has 8 nitrogen and oxygen atoms in total. The lowest BCUT2D eigenvalue weighted by molar-refractivity contribution is -0.925. The molecule has 0 aliphatic carbocycles. The molecule has 0 aliphatic heterocycles. The summed E-state index contributed by atoms with van der Waals surface area (Å²) in [7, 11) is 3.79. The van der Waals surface area contributed by atoms with Crippen LogP contribution in [0.2, 0.25) is 0 Å². The van der Waals surface area contributed by atoms with Gasteiger partial charge in [0.15, 0.2) is 0 Å². The van der Waals surface area contributed by atoms with E-state index in [9.17, 15) is 4.79 Å². The molecule has 0 rings (SSSR count). The van der Waals surface area contributed by atoms with Crippen molar-refractivity contribution in [1.82, 2.24) is 5.43 Å². The Hall–Kier alpha value is -1.41. The topological polar surface area (TPSA) is 116 Å². The highest BCUT2D eigenvalue weighted by Crippen LogP contribution is 2.11. The second-order valence-electron chi connectivity index (χ2n) is 7.18. The van der Waals surface area contributed by atoms with Crippen molar-refractivity contribution < 1.29 is 19.6 Å². The molecular formula is C18H39N3O5. The van der Waals surface area contributed by atoms with Crippen LogP contribution < -0.4 is 5.43 Å². The third kappa shape index (κ3) is 24.8. The molecule has 26 heavy (non-hydrogen) atoms. The van der Waals surface area contributed by atoms with Crippen LogP contribution in [-0.4, -0.2) is 47.9 Å². The number of aliphatic hydroxyl groups excluding tert-OH is 1. The summed E-state index contributed by atoms with van der Waals surface area (Å²) in [4.78, 5) is 20.0. The second kappa shape index (κ2) is 18.4. The fourth-order valence-electron chi connectivity index (χ4n) is 2.65. The average Bonchev–Trinajstić information content (AvgIpc) is 2.51. The molecule has 1 amide bonds. The summed E-state index contributed by atoms with van der Waals surface area (Å²) in [5, 5.41) is 23.7. The number of nitrogens with zero attached hydrogens (tertiary/aromatic N) is 2. The van der Waals surface area contributed by atoms with E-state index < -0.39 is 5.09 Å². The smallest absolute Gasteiger partial charge is 0.264 e. The summed E-state index contributed by atoms with van der Waals surface area (Å²) in [5.41, 5.74) is 2.93. The van der Waals surface area contributed by atoms with Gasteiger partial charge in [0.25, 0.3) is 5.91 Å². The Labute approximate surface area is 158 Å². The van der Waals surface area contributed by atoms with Crippen molar-refractivity contribution in [3.8, 4) is 0 Å². The van der Waals surface area contributed by atoms with Gasteiger partial charge in [-0.2, -0.15) is 0 Å². The molecular weight excluding hydrogens is 338 g/mol. The van der Waals surface area contributed by atoms with Crippen LogP contribution in [0.25, 0.3) is 0 Å². The van der Waals surface area contributed by atoms with E-state index in [1.54, 1.807) is 0 Å². The zero-order chi connectivity index (χ0) is 20.3. The van der Waals surface area contributed by atoms with E-state index in [2.05, 4.69) is 12.3 Å². The largest absolute Gasteiger partial charge is 0.390 e. The van der Waals surface area contributed by atoms with Crippen molar-refractivity contribution in [2.75, 3.05) is 27.2 Å². The maximum Gasteiger partial charge on any atom is 0.264 e. The first-order valence-electron chi connectivity index (χ1n) is 9.81. The summed E-state index contributed by atoms with van der Waals surface area (Å²) < 4.78 is 0.355. The van der Waals surface area contributed by atoms with Gasteiger partial charge in [-0.1, -0.05) is 71.1 Å². The first-order valence-corrected chi connectivity index (χ1v) is 9.81. The summed E-state index contributed by atoms with van der Waals surface area (Å²) in [6.07, 6.45) is 14.9. The molecule has 0 radical (unpaired) electrons. The number of hydrogen-bond acceptors (Lipinski definition) is 5. The maximum absolute atomic E-state index is 11.8. The molecule has 156 valence electrons. The molecule has 2 N–H and O–H groups in total. The van der Waals surface area contributed by atoms with Crippen molar-refractivity contribution in [3.05, 3.63) is 15.3 Å². The summed E-state index contributed by atoms with van der Waals surface area (Å²) in [5.74, 6) is 0.0920. The molecule has 0 saturated heterocycles. The lowest BCUT2D eigenvalue weighted by Gasteiger charge is -2.28. The number of hydrogen-bond donors (Lipinski definition) is 2. The first kappa shape index (κ1) is 26.8. The van der Waals surface area contributed by atoms with E-state index in [-0.39, 0.29) is 12.5 Å². The van der Waals surface area contributed by atoms with Gasteiger partial charge in [-0.25, -0.2) is 10.0 Å². The minimum Gasteiger partial charge on any atom is -0.390 e. The number of quaternary nitrogens is 1. The van der Waals surface area contributed by atoms with Crippen molar-refractivity contribution in [3.63, 3.8) is 0 Å². The van der Waals surface area contributed by atoms with Crippen LogP contribution in [0, 0.1) is 15.3 Å². The molecule has 0 bridgehead atoms. The van der Waals surface area contributed by atoms with Crippen molar-refractivity contribution >= 4 is 5.91 Å². The Kier molecular flexibility index (Phi) is 19.0. The van der Waals surface area contributed by atoms with Gasteiger partial charge in [0.05, 0.1) is 25.8 Å². The minimum atomic E-state index is -1.75. The number of unbranched alkanes of at least 4 members (excludes halogenated alkanes) is 10. The molecule has 0 aromatic carbocycles. The normalized spacial score (nSPS) is 10.8. The molecule has 0 aromatic rings. The Balaban J connectivity index is 0. The predicted molar refractivity (Wildman–Crippen MR) is 104 cm³/mol. The third-order valence-electron chi connectivity index (χ3n) is 4.09. The van der Waals surface area contributed by atoms with Crippen LogP contribution in [0.3, 0.4) is 0 Å². The lowest BCUT2D eigenvalue weighted by Crippen LogP contribution is -2.55. The zero-order valence-electron chi connectivity index (χ0n) is 16.9. The van der Waals surface area contributed by atoms with Gasteiger partial charge in [-0.15, -0.1) is 0 Å². The number of nitrogens with one attached hydrogen (secondary N) is 1. The molecule has 0 unspecified atom stereocenters. The van der Waals surface area contributed by atoms with Gasteiger partial charge in [0.2, 0.25) is 0 Å². The fourth-order valence-corrected chi connectivity index (χ4v) is 2.65. The maximum atomic E-state index is 11.8. The minimum absolute atomic E-state index is 0.0890. The van der Waals surface area contributed by atoms with Gasteiger partial charge in [-0.05, 0) is 6.42 Å². The highest BCUT2D eigenvalue weighted by atomic mass is 16.9. The van der Waals surface area contributed by atoms with Crippen LogP contribution in [0.4, 0.5) is 0 Å². The summed E-state index contributed by atoms with van der Waals surface area (Å²) >= 11 is 0. The predicted octanol–water partition coefficient (Wildman–Crippen LogP) is 3.55. The number of rotatable bonds is 15. The fraction of sp³-hybridized carbons (Fsp3) is 0.944. The van der Waals surface area contributed by atoms with Crippen molar-refractivity contribution in [1.29, 1.82) is 0 Å². The van der Waals surface area contributed by atoms with Gasteiger partial charge in [-0.3, -0.25) is 4.79 Å². The van der Waals surface area contributed by atoms with Crippen LogP contribution in [0.15, 0.2) is 0 Å². The lowest BCUT2D eigenvalue weighted by atomic mass is 10.1. The number of carbonyl (C=O) groups is 1. The summed E-state index contributed by atoms with van der Waals surface area (Å²) in [6.45, 7) is 2.89. The summed E-state index contributed by atoms with van der Waals surface area (Å²) in [6, 6.07) is 0. The van der Waals surface area contributed by atoms with E-state index in [0.717, 1.165) is 12.8 Å². The standard InChI is InChI=1S/C18H38N2O2.NO3/c1-4-5-6-7-8-9-10-11-12-13-14-15-18(22)19-20(2,3)16-17-21;2-1(3)4/h21H,4-17H2,1-3H3;/q;-1/p+1. The Bertz CT molecular complexity index is 348. The molecule has 0 aromatic heterocycles. The zero-order valence-corrected chi connectivity index (χ0v) is 16.9. The number of carbonyl (C=O) groups excluding carboxylic acids is 1. The quantitative estimate of drug-likeness (QED) is 0.196. The van der Waals surface area contributed by atoms with Crippen LogP contribution in [-0.2, 0) is 4.79 Å². The molecule has 0 atom stereocenters. The first-order chi connectivity index (χ1) is 12.2. The number of amides is 1. The van der Waals surface area contributed by atoms with E-state index in [0.29, 0.717) is 17.6 Å². The molecule has 8 heteroatoms. The van der Waals surface area contributed by atoms with Crippen LogP contribution in [0.1, 0.15) is 84.0 Å². The van der Waals surface area contributed by atoms with Crippen LogP contribution in [0.5, 0.6) is 0 Å².